The number of halogens is 3. The molecule has 0 atom stereocenters. The highest BCUT2D eigenvalue weighted by molar-refractivity contribution is 9.10. The van der Waals surface area contributed by atoms with Gasteiger partial charge in [0.2, 0.25) is 0 Å². The Hall–Kier alpha value is -1.16. The van der Waals surface area contributed by atoms with E-state index in [1.54, 1.807) is 13.2 Å². The van der Waals surface area contributed by atoms with Crippen molar-refractivity contribution in [3.05, 3.63) is 62.7 Å². The van der Waals surface area contributed by atoms with Gasteiger partial charge in [0.05, 0.1) is 22.1 Å². The van der Waals surface area contributed by atoms with E-state index in [0.29, 0.717) is 10.0 Å². The maximum Gasteiger partial charge on any atom is 0.133 e. The summed E-state index contributed by atoms with van der Waals surface area (Å²) in [6.45, 7) is 0.739. The maximum absolute atomic E-state index is 6.22. The van der Waals surface area contributed by atoms with Gasteiger partial charge >= 0.3 is 0 Å². The van der Waals surface area contributed by atoms with Crippen molar-refractivity contribution in [1.29, 1.82) is 0 Å². The van der Waals surface area contributed by atoms with Crippen LogP contribution in [-0.2, 0) is 6.54 Å². The number of fused-ring (bicyclic) bond motifs is 1. The van der Waals surface area contributed by atoms with E-state index in [2.05, 4.69) is 26.6 Å². The van der Waals surface area contributed by atoms with Crippen molar-refractivity contribution in [3.8, 4) is 5.75 Å². The van der Waals surface area contributed by atoms with Crippen LogP contribution in [0.1, 0.15) is 5.56 Å². The molecule has 108 valence electrons. The second-order valence-corrected chi connectivity index (χ2v) is 6.43. The first-order valence-electron chi connectivity index (χ1n) is 6.35. The standard InChI is InChI=1S/C16H12BrCl2NO/c1-21-16-3-2-10(6-13(16)17)9-20-5-4-12-14(19)7-11(18)8-15(12)20/h2-8H,9H2,1H3. The molecular formula is C16H12BrCl2NO. The lowest BCUT2D eigenvalue weighted by Gasteiger charge is -2.09. The first-order valence-corrected chi connectivity index (χ1v) is 7.89. The number of aromatic nitrogens is 1. The highest BCUT2D eigenvalue weighted by Crippen LogP contribution is 2.30. The smallest absolute Gasteiger partial charge is 0.133 e. The molecular weight excluding hydrogens is 373 g/mol. The van der Waals surface area contributed by atoms with Gasteiger partial charge in [0.15, 0.2) is 0 Å². The lowest BCUT2D eigenvalue weighted by molar-refractivity contribution is 0.412. The van der Waals surface area contributed by atoms with Crippen LogP contribution in [0.5, 0.6) is 5.75 Å². The molecule has 0 bridgehead atoms. The van der Waals surface area contributed by atoms with Crippen LogP contribution in [0.2, 0.25) is 10.0 Å². The number of methoxy groups -OCH3 is 1. The van der Waals surface area contributed by atoms with Crippen LogP contribution in [0.3, 0.4) is 0 Å². The molecule has 0 amide bonds. The number of rotatable bonds is 3. The molecule has 21 heavy (non-hydrogen) atoms. The molecule has 0 fully saturated rings. The van der Waals surface area contributed by atoms with E-state index in [1.807, 2.05) is 30.5 Å². The molecule has 0 saturated heterocycles. The average molecular weight is 385 g/mol. The number of ether oxygens (including phenoxy) is 1. The summed E-state index contributed by atoms with van der Waals surface area (Å²) >= 11 is 15.8. The largest absolute Gasteiger partial charge is 0.496 e. The molecule has 5 heteroatoms. The summed E-state index contributed by atoms with van der Waals surface area (Å²) < 4.78 is 8.31. The van der Waals surface area contributed by atoms with Crippen LogP contribution in [-0.4, -0.2) is 11.7 Å². The third-order valence-electron chi connectivity index (χ3n) is 3.37. The summed E-state index contributed by atoms with van der Waals surface area (Å²) in [5.74, 6) is 0.821. The van der Waals surface area contributed by atoms with E-state index in [0.717, 1.165) is 33.2 Å². The number of benzene rings is 2. The molecule has 2 nitrogen and oxygen atoms in total. The molecule has 0 saturated carbocycles. The third-order valence-corrected chi connectivity index (χ3v) is 4.52. The zero-order valence-electron chi connectivity index (χ0n) is 11.2. The number of nitrogens with zero attached hydrogens (tertiary/aromatic N) is 1. The topological polar surface area (TPSA) is 14.2 Å². The highest BCUT2D eigenvalue weighted by Gasteiger charge is 2.08. The molecule has 0 aliphatic heterocycles. The van der Waals surface area contributed by atoms with E-state index in [1.165, 1.54) is 0 Å². The zero-order valence-corrected chi connectivity index (χ0v) is 14.3. The summed E-state index contributed by atoms with van der Waals surface area (Å²) in [5, 5.41) is 2.32. The van der Waals surface area contributed by atoms with Crippen molar-refractivity contribution in [1.82, 2.24) is 4.57 Å². The Bertz CT molecular complexity index is 813. The van der Waals surface area contributed by atoms with E-state index >= 15 is 0 Å². The van der Waals surface area contributed by atoms with Gasteiger partial charge in [0.25, 0.3) is 0 Å². The van der Waals surface area contributed by atoms with Crippen LogP contribution in [0, 0.1) is 0 Å². The second-order valence-electron chi connectivity index (χ2n) is 4.73. The van der Waals surface area contributed by atoms with Gasteiger partial charge in [-0.1, -0.05) is 29.3 Å². The Balaban J connectivity index is 2.00. The van der Waals surface area contributed by atoms with Crippen LogP contribution < -0.4 is 4.74 Å². The zero-order chi connectivity index (χ0) is 15.0. The highest BCUT2D eigenvalue weighted by atomic mass is 79.9. The van der Waals surface area contributed by atoms with Gasteiger partial charge < -0.3 is 9.30 Å². The SMILES string of the molecule is COc1ccc(Cn2ccc3c(Cl)cc(Cl)cc32)cc1Br. The second kappa shape index (κ2) is 5.91. The van der Waals surface area contributed by atoms with Crippen molar-refractivity contribution in [2.24, 2.45) is 0 Å². The lowest BCUT2D eigenvalue weighted by Crippen LogP contribution is -1.98. The van der Waals surface area contributed by atoms with Gasteiger partial charge in [-0.2, -0.15) is 0 Å². The number of hydrogen-bond acceptors (Lipinski definition) is 1. The summed E-state index contributed by atoms with van der Waals surface area (Å²) in [7, 11) is 1.66. The van der Waals surface area contributed by atoms with Crippen molar-refractivity contribution in [3.63, 3.8) is 0 Å². The first kappa shape index (κ1) is 14.8. The molecule has 0 aliphatic rings. The predicted molar refractivity (Wildman–Crippen MR) is 91.8 cm³/mol. The van der Waals surface area contributed by atoms with Gasteiger partial charge in [-0.3, -0.25) is 0 Å². The fourth-order valence-corrected chi connectivity index (χ4v) is 3.50. The van der Waals surface area contributed by atoms with Gasteiger partial charge in [-0.15, -0.1) is 0 Å². The van der Waals surface area contributed by atoms with E-state index < -0.39 is 0 Å². The summed E-state index contributed by atoms with van der Waals surface area (Å²) in [5.41, 5.74) is 2.19. The fraction of sp³-hybridized carbons (Fsp3) is 0.125. The van der Waals surface area contributed by atoms with Crippen LogP contribution >= 0.6 is 39.1 Å². The molecule has 0 N–H and O–H groups in total. The van der Waals surface area contributed by atoms with Crippen LogP contribution in [0.15, 0.2) is 47.1 Å². The Morgan fingerprint density at radius 1 is 1.14 bits per heavy atom. The summed E-state index contributed by atoms with van der Waals surface area (Å²) in [6, 6.07) is 11.7. The van der Waals surface area contributed by atoms with Crippen molar-refractivity contribution in [2.75, 3.05) is 7.11 Å². The quantitative estimate of drug-likeness (QED) is 0.559. The molecule has 1 heterocycles. The van der Waals surface area contributed by atoms with Crippen molar-refractivity contribution < 1.29 is 4.74 Å². The minimum absolute atomic E-state index is 0.642. The van der Waals surface area contributed by atoms with Gasteiger partial charge in [0.1, 0.15) is 5.75 Å². The Kier molecular flexibility index (Phi) is 4.16. The molecule has 2 aromatic carbocycles. The minimum atomic E-state index is 0.642. The molecule has 3 rings (SSSR count). The average Bonchev–Trinajstić information content (AvgIpc) is 2.82. The van der Waals surface area contributed by atoms with Crippen LogP contribution in [0.25, 0.3) is 10.9 Å². The Morgan fingerprint density at radius 2 is 1.95 bits per heavy atom. The van der Waals surface area contributed by atoms with Crippen molar-refractivity contribution in [2.45, 2.75) is 6.54 Å². The monoisotopic (exact) mass is 383 g/mol. The van der Waals surface area contributed by atoms with E-state index in [9.17, 15) is 0 Å². The fourth-order valence-electron chi connectivity index (χ4n) is 2.36. The molecule has 3 aromatic rings. The van der Waals surface area contributed by atoms with Gasteiger partial charge in [-0.05, 0) is 51.8 Å². The van der Waals surface area contributed by atoms with E-state index in [4.69, 9.17) is 27.9 Å². The Labute approximate surface area is 141 Å². The molecule has 0 unspecified atom stereocenters. The third kappa shape index (κ3) is 2.91. The summed E-state index contributed by atoms with van der Waals surface area (Å²) in [6.07, 6.45) is 2.02. The van der Waals surface area contributed by atoms with Gasteiger partial charge in [0, 0.05) is 23.2 Å². The molecule has 0 radical (unpaired) electrons. The molecule has 0 spiro atoms. The first-order chi connectivity index (χ1) is 10.1. The van der Waals surface area contributed by atoms with Crippen molar-refractivity contribution >= 4 is 50.0 Å². The number of hydrogen-bond donors (Lipinski definition) is 0. The molecule has 0 aliphatic carbocycles. The lowest BCUT2D eigenvalue weighted by atomic mass is 10.2. The summed E-state index contributed by atoms with van der Waals surface area (Å²) in [4.78, 5) is 0. The maximum atomic E-state index is 6.22. The Morgan fingerprint density at radius 3 is 2.67 bits per heavy atom. The van der Waals surface area contributed by atoms with Crippen LogP contribution in [0.4, 0.5) is 0 Å². The molecule has 1 aromatic heterocycles. The minimum Gasteiger partial charge on any atom is -0.496 e. The van der Waals surface area contributed by atoms with Gasteiger partial charge in [-0.25, -0.2) is 0 Å². The predicted octanol–water partition coefficient (Wildman–Crippen LogP) is 5.77. The van der Waals surface area contributed by atoms with E-state index in [-0.39, 0.29) is 0 Å². The normalized spacial score (nSPS) is 11.0.